The van der Waals surface area contributed by atoms with Crippen molar-refractivity contribution < 1.29 is 23.9 Å². The quantitative estimate of drug-likeness (QED) is 0.465. The first kappa shape index (κ1) is 22.6. The molecule has 3 aliphatic rings. The summed E-state index contributed by atoms with van der Waals surface area (Å²) in [7, 11) is 0. The fourth-order valence-corrected chi connectivity index (χ4v) is 5.26. The summed E-state index contributed by atoms with van der Waals surface area (Å²) in [5.74, 6) is 1.27. The SMILES string of the molecule is CC(C)C[C@H](NC(=O)OCC1CC2CCC1C2)C(=O)N[C@H](C=O)C[C@@H]1CCNC1=O. The molecule has 0 spiro atoms. The zero-order chi connectivity index (χ0) is 21.7. The smallest absolute Gasteiger partial charge is 0.407 e. The molecule has 1 heterocycles. The minimum absolute atomic E-state index is 0.0860. The van der Waals surface area contributed by atoms with Crippen LogP contribution >= 0.6 is 0 Å². The summed E-state index contributed by atoms with van der Waals surface area (Å²) in [5, 5.41) is 8.10. The number of hydrogen-bond donors (Lipinski definition) is 3. The number of nitrogens with one attached hydrogen (secondary N) is 3. The molecular formula is C22H35N3O5. The van der Waals surface area contributed by atoms with E-state index in [-0.39, 0.29) is 24.2 Å². The topological polar surface area (TPSA) is 114 Å². The predicted octanol–water partition coefficient (Wildman–Crippen LogP) is 1.77. The number of carbonyl (C=O) groups is 4. The molecule has 30 heavy (non-hydrogen) atoms. The van der Waals surface area contributed by atoms with E-state index in [0.29, 0.717) is 44.1 Å². The number of hydrogen-bond acceptors (Lipinski definition) is 5. The van der Waals surface area contributed by atoms with Gasteiger partial charge in [-0.15, -0.1) is 0 Å². The van der Waals surface area contributed by atoms with Crippen molar-refractivity contribution in [2.75, 3.05) is 13.2 Å². The monoisotopic (exact) mass is 421 g/mol. The number of aldehydes is 1. The van der Waals surface area contributed by atoms with Crippen molar-refractivity contribution in [2.45, 2.75) is 70.9 Å². The second kappa shape index (κ2) is 10.3. The maximum atomic E-state index is 12.8. The fourth-order valence-electron chi connectivity index (χ4n) is 5.26. The van der Waals surface area contributed by atoms with E-state index in [0.717, 1.165) is 12.3 Å². The Bertz CT molecular complexity index is 653. The molecule has 6 atom stereocenters. The van der Waals surface area contributed by atoms with Crippen LogP contribution in [0.4, 0.5) is 4.79 Å². The molecule has 2 aliphatic carbocycles. The molecule has 0 aromatic carbocycles. The average molecular weight is 422 g/mol. The van der Waals surface area contributed by atoms with Crippen molar-refractivity contribution in [1.29, 1.82) is 0 Å². The lowest BCUT2D eigenvalue weighted by molar-refractivity contribution is -0.127. The van der Waals surface area contributed by atoms with Gasteiger partial charge in [-0.25, -0.2) is 4.79 Å². The summed E-state index contributed by atoms with van der Waals surface area (Å²) in [4.78, 5) is 48.3. The average Bonchev–Trinajstić information content (AvgIpc) is 3.42. The van der Waals surface area contributed by atoms with Crippen molar-refractivity contribution in [2.24, 2.45) is 29.6 Å². The van der Waals surface area contributed by atoms with E-state index in [1.54, 1.807) is 0 Å². The molecule has 1 aliphatic heterocycles. The van der Waals surface area contributed by atoms with E-state index in [2.05, 4.69) is 16.0 Å². The first-order valence-corrected chi connectivity index (χ1v) is 11.3. The van der Waals surface area contributed by atoms with Crippen LogP contribution in [0.1, 0.15) is 58.8 Å². The lowest BCUT2D eigenvalue weighted by Crippen LogP contribution is -2.51. The van der Waals surface area contributed by atoms with Crippen LogP contribution in [-0.2, 0) is 19.1 Å². The summed E-state index contributed by atoms with van der Waals surface area (Å²) < 4.78 is 5.44. The highest BCUT2D eigenvalue weighted by molar-refractivity contribution is 5.88. The van der Waals surface area contributed by atoms with Crippen LogP contribution < -0.4 is 16.0 Å². The number of carbonyl (C=O) groups excluding carboxylic acids is 4. The number of amides is 3. The highest BCUT2D eigenvalue weighted by Crippen LogP contribution is 2.48. The minimum Gasteiger partial charge on any atom is -0.449 e. The Morgan fingerprint density at radius 2 is 2.00 bits per heavy atom. The van der Waals surface area contributed by atoms with E-state index < -0.39 is 24.1 Å². The molecule has 3 rings (SSSR count). The van der Waals surface area contributed by atoms with Crippen molar-refractivity contribution >= 4 is 24.2 Å². The molecule has 3 unspecified atom stereocenters. The van der Waals surface area contributed by atoms with Gasteiger partial charge in [-0.3, -0.25) is 9.59 Å². The lowest BCUT2D eigenvalue weighted by atomic mass is 9.90. The standard InChI is InChI=1S/C22H35N3O5/c1-13(2)7-19(21(28)24-18(11-26)10-16-5-6-23-20(16)27)25-22(29)30-12-17-9-14-3-4-15(17)8-14/h11,13-19H,3-10,12H2,1-2H3,(H,23,27)(H,24,28)(H,25,29)/t14?,15?,16-,17?,18-,19-/m0/s1. The first-order chi connectivity index (χ1) is 14.4. The van der Waals surface area contributed by atoms with Gasteiger partial charge in [0.05, 0.1) is 12.6 Å². The van der Waals surface area contributed by atoms with E-state index in [1.165, 1.54) is 19.3 Å². The second-order valence-electron chi connectivity index (χ2n) is 9.62. The molecule has 168 valence electrons. The second-order valence-corrected chi connectivity index (χ2v) is 9.62. The molecule has 3 amide bonds. The molecule has 1 saturated heterocycles. The number of ether oxygens (including phenoxy) is 1. The summed E-state index contributed by atoms with van der Waals surface area (Å²) in [6, 6.07) is -1.54. The lowest BCUT2D eigenvalue weighted by Gasteiger charge is -2.24. The molecule has 8 nitrogen and oxygen atoms in total. The summed E-state index contributed by atoms with van der Waals surface area (Å²) in [5.41, 5.74) is 0. The van der Waals surface area contributed by atoms with Crippen molar-refractivity contribution in [3.05, 3.63) is 0 Å². The van der Waals surface area contributed by atoms with Crippen LogP contribution in [0.25, 0.3) is 0 Å². The molecule has 0 aromatic heterocycles. The maximum absolute atomic E-state index is 12.8. The molecule has 8 heteroatoms. The van der Waals surface area contributed by atoms with E-state index in [9.17, 15) is 19.2 Å². The van der Waals surface area contributed by atoms with Crippen molar-refractivity contribution in [3.63, 3.8) is 0 Å². The third-order valence-electron chi connectivity index (χ3n) is 6.82. The Balaban J connectivity index is 1.48. The Labute approximate surface area is 178 Å². The van der Waals surface area contributed by atoms with Gasteiger partial charge in [0.25, 0.3) is 0 Å². The van der Waals surface area contributed by atoms with Gasteiger partial charge >= 0.3 is 6.09 Å². The predicted molar refractivity (Wildman–Crippen MR) is 110 cm³/mol. The molecule has 2 bridgehead atoms. The van der Waals surface area contributed by atoms with Crippen LogP contribution in [0.15, 0.2) is 0 Å². The zero-order valence-corrected chi connectivity index (χ0v) is 18.0. The number of fused-ring (bicyclic) bond motifs is 2. The Kier molecular flexibility index (Phi) is 7.72. The van der Waals surface area contributed by atoms with Crippen LogP contribution in [0.2, 0.25) is 0 Å². The highest BCUT2D eigenvalue weighted by atomic mass is 16.5. The summed E-state index contributed by atoms with van der Waals surface area (Å²) in [6.07, 6.45) is 6.33. The van der Waals surface area contributed by atoms with Gasteiger partial charge < -0.3 is 25.5 Å². The third-order valence-corrected chi connectivity index (χ3v) is 6.82. The molecule has 3 fully saturated rings. The molecule has 2 saturated carbocycles. The minimum atomic E-state index is -0.780. The van der Waals surface area contributed by atoms with Crippen LogP contribution in [0.3, 0.4) is 0 Å². The van der Waals surface area contributed by atoms with Gasteiger partial charge in [0, 0.05) is 12.5 Å². The summed E-state index contributed by atoms with van der Waals surface area (Å²) in [6.45, 7) is 4.91. The van der Waals surface area contributed by atoms with Gasteiger partial charge in [0.2, 0.25) is 11.8 Å². The number of alkyl carbamates (subject to hydrolysis) is 1. The van der Waals surface area contributed by atoms with Gasteiger partial charge in [-0.1, -0.05) is 20.3 Å². The van der Waals surface area contributed by atoms with Gasteiger partial charge in [0.1, 0.15) is 12.3 Å². The van der Waals surface area contributed by atoms with Crippen molar-refractivity contribution in [1.82, 2.24) is 16.0 Å². The Morgan fingerprint density at radius 1 is 1.20 bits per heavy atom. The number of rotatable bonds is 10. The van der Waals surface area contributed by atoms with Crippen LogP contribution in [-0.4, -0.2) is 49.4 Å². The Hall–Kier alpha value is -2.12. The van der Waals surface area contributed by atoms with Gasteiger partial charge in [-0.2, -0.15) is 0 Å². The van der Waals surface area contributed by atoms with Crippen LogP contribution in [0, 0.1) is 29.6 Å². The van der Waals surface area contributed by atoms with E-state index in [4.69, 9.17) is 4.74 Å². The van der Waals surface area contributed by atoms with E-state index >= 15 is 0 Å². The van der Waals surface area contributed by atoms with Gasteiger partial charge in [-0.05, 0) is 62.2 Å². The zero-order valence-electron chi connectivity index (χ0n) is 18.0. The van der Waals surface area contributed by atoms with Gasteiger partial charge in [0.15, 0.2) is 0 Å². The largest absolute Gasteiger partial charge is 0.449 e. The normalized spacial score (nSPS) is 29.4. The Morgan fingerprint density at radius 3 is 2.57 bits per heavy atom. The third kappa shape index (κ3) is 5.95. The van der Waals surface area contributed by atoms with Crippen molar-refractivity contribution in [3.8, 4) is 0 Å². The molecule has 3 N–H and O–H groups in total. The first-order valence-electron chi connectivity index (χ1n) is 11.3. The summed E-state index contributed by atoms with van der Waals surface area (Å²) >= 11 is 0. The van der Waals surface area contributed by atoms with Crippen LogP contribution in [0.5, 0.6) is 0 Å². The maximum Gasteiger partial charge on any atom is 0.407 e. The highest BCUT2D eigenvalue weighted by Gasteiger charge is 2.40. The van der Waals surface area contributed by atoms with E-state index in [1.807, 2.05) is 13.8 Å². The molecular weight excluding hydrogens is 386 g/mol. The fraction of sp³-hybridized carbons (Fsp3) is 0.818. The molecule has 0 radical (unpaired) electrons. The molecule has 0 aromatic rings.